The summed E-state index contributed by atoms with van der Waals surface area (Å²) in [6.07, 6.45) is 17.6. The molecule has 8 nitrogen and oxygen atoms in total. The van der Waals surface area contributed by atoms with Crippen LogP contribution >= 0.6 is 0 Å². The first-order chi connectivity index (χ1) is 11.5. The van der Waals surface area contributed by atoms with Gasteiger partial charge in [-0.15, -0.1) is 0 Å². The molecule has 138 valence electrons. The van der Waals surface area contributed by atoms with E-state index in [1.807, 2.05) is 0 Å². The Morgan fingerprint density at radius 2 is 0.522 bits per heavy atom. The molecule has 23 heavy (non-hydrogen) atoms. The van der Waals surface area contributed by atoms with Crippen molar-refractivity contribution in [2.45, 2.75) is 83.5 Å². The van der Waals surface area contributed by atoms with Crippen molar-refractivity contribution >= 4 is 0 Å². The lowest BCUT2D eigenvalue weighted by molar-refractivity contribution is 0.254. The Labute approximate surface area is 141 Å². The number of hydrazine groups is 7. The van der Waals surface area contributed by atoms with E-state index in [0.29, 0.717) is 0 Å². The smallest absolute Gasteiger partial charge is 0.0113 e. The molecule has 0 aromatic carbocycles. The van der Waals surface area contributed by atoms with Crippen LogP contribution in [0, 0.1) is 0 Å². The van der Waals surface area contributed by atoms with Crippen molar-refractivity contribution in [2.75, 3.05) is 13.1 Å². The summed E-state index contributed by atoms with van der Waals surface area (Å²) < 4.78 is 0. The fourth-order valence-electron chi connectivity index (χ4n) is 2.71. The van der Waals surface area contributed by atoms with Crippen LogP contribution in [0.3, 0.4) is 0 Å². The van der Waals surface area contributed by atoms with Crippen molar-refractivity contribution in [2.24, 2.45) is 0 Å². The lowest BCUT2D eigenvalue weighted by Gasteiger charge is -2.12. The molecule has 0 aromatic rings. The Morgan fingerprint density at radius 1 is 0.261 bits per heavy atom. The highest BCUT2D eigenvalue weighted by Crippen LogP contribution is 2.12. The summed E-state index contributed by atoms with van der Waals surface area (Å²) in [5.74, 6) is 0. The van der Waals surface area contributed by atoms with E-state index in [4.69, 9.17) is 0 Å². The fraction of sp³-hybridized carbons (Fsp3) is 1.00. The van der Waals surface area contributed by atoms with Gasteiger partial charge in [0, 0.05) is 13.1 Å². The number of nitrogens with one attached hydrogen (secondary N) is 8. The van der Waals surface area contributed by atoms with Crippen molar-refractivity contribution in [1.82, 2.24) is 44.1 Å². The van der Waals surface area contributed by atoms with Gasteiger partial charge in [-0.1, -0.05) is 70.6 Å². The molecule has 0 bridgehead atoms. The first-order valence-electron chi connectivity index (χ1n) is 9.46. The highest BCUT2D eigenvalue weighted by molar-refractivity contribution is 4.50. The van der Waals surface area contributed by atoms with Gasteiger partial charge in [0.2, 0.25) is 0 Å². The second-order valence-electron chi connectivity index (χ2n) is 6.20. The minimum atomic E-state index is 0.960. The zero-order valence-corrected chi connectivity index (χ0v) is 14.6. The fourth-order valence-corrected chi connectivity index (χ4v) is 2.71. The van der Waals surface area contributed by atoms with Gasteiger partial charge in [0.1, 0.15) is 0 Å². The lowest BCUT2D eigenvalue weighted by Crippen LogP contribution is -2.63. The largest absolute Gasteiger partial charge is 0.243 e. The molecule has 0 aromatic heterocycles. The van der Waals surface area contributed by atoms with Crippen molar-refractivity contribution < 1.29 is 0 Å². The minimum Gasteiger partial charge on any atom is -0.243 e. The van der Waals surface area contributed by atoms with E-state index in [1.165, 1.54) is 83.5 Å². The molecule has 1 heterocycles. The monoisotopic (exact) mass is 330 g/mol. The maximum absolute atomic E-state index is 3.10. The van der Waals surface area contributed by atoms with Gasteiger partial charge in [0.15, 0.2) is 0 Å². The van der Waals surface area contributed by atoms with E-state index in [0.717, 1.165) is 13.1 Å². The van der Waals surface area contributed by atoms with E-state index >= 15 is 0 Å². The zero-order chi connectivity index (χ0) is 16.3. The van der Waals surface area contributed by atoms with E-state index < -0.39 is 0 Å². The average Bonchev–Trinajstić information content (AvgIpc) is 2.56. The van der Waals surface area contributed by atoms with Gasteiger partial charge in [-0.05, 0) is 12.8 Å². The first kappa shape index (κ1) is 20.7. The Balaban J connectivity index is 2.00. The summed E-state index contributed by atoms with van der Waals surface area (Å²) in [6.45, 7) is 1.92. The summed E-state index contributed by atoms with van der Waals surface area (Å²) in [5, 5.41) is 0. The molecule has 0 unspecified atom stereocenters. The van der Waals surface area contributed by atoms with E-state index in [1.54, 1.807) is 0 Å². The Kier molecular flexibility index (Phi) is 16.2. The quantitative estimate of drug-likeness (QED) is 0.336. The summed E-state index contributed by atoms with van der Waals surface area (Å²) in [5.41, 5.74) is 23.0. The van der Waals surface area contributed by atoms with Gasteiger partial charge in [-0.2, -0.15) is 33.2 Å². The normalized spacial score (nSPS) is 24.0. The molecule has 0 aliphatic carbocycles. The second-order valence-corrected chi connectivity index (χ2v) is 6.20. The van der Waals surface area contributed by atoms with E-state index in [-0.39, 0.29) is 0 Å². The Hall–Kier alpha value is -0.320. The van der Waals surface area contributed by atoms with Gasteiger partial charge in [0.25, 0.3) is 0 Å². The van der Waals surface area contributed by atoms with Crippen molar-refractivity contribution in [1.29, 1.82) is 0 Å². The zero-order valence-electron chi connectivity index (χ0n) is 14.6. The van der Waals surface area contributed by atoms with Gasteiger partial charge >= 0.3 is 0 Å². The molecular formula is C15H38N8. The molecule has 1 aliphatic heterocycles. The summed E-state index contributed by atoms with van der Waals surface area (Å²) >= 11 is 0. The standard InChI is InChI=1S/C15H38N8/c1-2-4-6-8-10-12-14-16-18-20-22-23-21-19-17-15-13-11-9-7-5-3-1/h16-23H,1-15H2. The molecule has 0 atom stereocenters. The molecule has 0 amide bonds. The Bertz CT molecular complexity index is 125. The highest BCUT2D eigenvalue weighted by Gasteiger charge is 1.95. The molecule has 0 spiro atoms. The van der Waals surface area contributed by atoms with Crippen LogP contribution in [0.5, 0.6) is 0 Å². The number of rotatable bonds is 0. The molecule has 0 radical (unpaired) electrons. The lowest BCUT2D eigenvalue weighted by atomic mass is 10.0. The van der Waals surface area contributed by atoms with Crippen molar-refractivity contribution in [3.8, 4) is 0 Å². The van der Waals surface area contributed by atoms with Gasteiger partial charge in [-0.3, -0.25) is 0 Å². The second kappa shape index (κ2) is 18.0. The molecule has 8 heteroatoms. The third-order valence-electron chi connectivity index (χ3n) is 4.09. The molecule has 1 fully saturated rings. The van der Waals surface area contributed by atoms with Crippen LogP contribution in [0.25, 0.3) is 0 Å². The SMILES string of the molecule is C1CCCCCCCNNNNNNNNCCCCCCC1. The molecule has 1 saturated heterocycles. The highest BCUT2D eigenvalue weighted by atomic mass is 15.9. The van der Waals surface area contributed by atoms with Crippen molar-refractivity contribution in [3.05, 3.63) is 0 Å². The molecule has 1 rings (SSSR count). The van der Waals surface area contributed by atoms with Crippen LogP contribution in [-0.4, -0.2) is 13.1 Å². The van der Waals surface area contributed by atoms with Gasteiger partial charge in [0.05, 0.1) is 0 Å². The molecule has 0 saturated carbocycles. The summed E-state index contributed by atoms with van der Waals surface area (Å²) in [4.78, 5) is 0. The van der Waals surface area contributed by atoms with Crippen LogP contribution in [0.1, 0.15) is 83.5 Å². The third kappa shape index (κ3) is 16.3. The summed E-state index contributed by atoms with van der Waals surface area (Å²) in [7, 11) is 0. The topological polar surface area (TPSA) is 96.2 Å². The Morgan fingerprint density at radius 3 is 0.870 bits per heavy atom. The van der Waals surface area contributed by atoms with Crippen molar-refractivity contribution in [3.63, 3.8) is 0 Å². The third-order valence-corrected chi connectivity index (χ3v) is 4.09. The number of hydrogen-bond acceptors (Lipinski definition) is 8. The molecule has 8 N–H and O–H groups in total. The summed E-state index contributed by atoms with van der Waals surface area (Å²) in [6, 6.07) is 0. The number of hydrogen-bond donors (Lipinski definition) is 8. The van der Waals surface area contributed by atoms with Crippen LogP contribution in [0.4, 0.5) is 0 Å². The first-order valence-corrected chi connectivity index (χ1v) is 9.46. The van der Waals surface area contributed by atoms with Crippen LogP contribution < -0.4 is 44.1 Å². The molecule has 1 aliphatic rings. The van der Waals surface area contributed by atoms with E-state index in [9.17, 15) is 0 Å². The predicted molar refractivity (Wildman–Crippen MR) is 94.8 cm³/mol. The van der Waals surface area contributed by atoms with Crippen LogP contribution in [0.2, 0.25) is 0 Å². The maximum atomic E-state index is 3.10. The van der Waals surface area contributed by atoms with Crippen LogP contribution in [-0.2, 0) is 0 Å². The van der Waals surface area contributed by atoms with Gasteiger partial charge in [-0.25, -0.2) is 10.9 Å². The average molecular weight is 331 g/mol. The van der Waals surface area contributed by atoms with E-state index in [2.05, 4.69) is 44.1 Å². The maximum Gasteiger partial charge on any atom is 0.0113 e. The van der Waals surface area contributed by atoms with Gasteiger partial charge < -0.3 is 0 Å². The minimum absolute atomic E-state index is 0.960. The predicted octanol–water partition coefficient (Wildman–Crippen LogP) is 1.19. The van der Waals surface area contributed by atoms with Crippen LogP contribution in [0.15, 0.2) is 0 Å². The molecular weight excluding hydrogens is 292 g/mol.